The molecule has 2 rings (SSSR count). The van der Waals surface area contributed by atoms with Crippen LogP contribution in [0.25, 0.3) is 0 Å². The number of halogens is 1. The molecule has 82 valence electrons. The highest BCUT2D eigenvalue weighted by Crippen LogP contribution is 2.37. The zero-order chi connectivity index (χ0) is 10.7. The van der Waals surface area contributed by atoms with Crippen molar-refractivity contribution in [1.82, 2.24) is 0 Å². The Morgan fingerprint density at radius 3 is 2.93 bits per heavy atom. The van der Waals surface area contributed by atoms with Crippen LogP contribution < -0.4 is 0 Å². The molecule has 0 spiro atoms. The van der Waals surface area contributed by atoms with Crippen molar-refractivity contribution >= 4 is 0 Å². The average molecular weight is 206 g/mol. The Morgan fingerprint density at radius 1 is 1.33 bits per heavy atom. The Morgan fingerprint density at radius 2 is 2.20 bits per heavy atom. The van der Waals surface area contributed by atoms with Gasteiger partial charge in [-0.2, -0.15) is 0 Å². The van der Waals surface area contributed by atoms with E-state index >= 15 is 0 Å². The van der Waals surface area contributed by atoms with Crippen LogP contribution in [0.5, 0.6) is 0 Å². The van der Waals surface area contributed by atoms with E-state index in [9.17, 15) is 4.39 Å². The molecule has 0 N–H and O–H groups in total. The molecule has 0 radical (unpaired) electrons. The fourth-order valence-corrected chi connectivity index (χ4v) is 2.73. The van der Waals surface area contributed by atoms with Crippen LogP contribution in [0.3, 0.4) is 0 Å². The monoisotopic (exact) mass is 206 g/mol. The minimum atomic E-state index is -0.0916. The summed E-state index contributed by atoms with van der Waals surface area (Å²) in [5.74, 6) is 1.36. The van der Waals surface area contributed by atoms with Crippen LogP contribution in [0.1, 0.15) is 50.5 Å². The first-order valence-corrected chi connectivity index (χ1v) is 6.05. The fraction of sp³-hybridized carbons (Fsp3) is 0.571. The number of hydrogen-bond donors (Lipinski definition) is 0. The predicted octanol–water partition coefficient (Wildman–Crippen LogP) is 4.51. The Kier molecular flexibility index (Phi) is 3.40. The quantitative estimate of drug-likeness (QED) is 0.668. The molecule has 0 aromatic heterocycles. The summed E-state index contributed by atoms with van der Waals surface area (Å²) in [6.45, 7) is 2.26. The van der Waals surface area contributed by atoms with Crippen molar-refractivity contribution in [3.05, 3.63) is 35.6 Å². The van der Waals surface area contributed by atoms with Gasteiger partial charge in [0.1, 0.15) is 5.82 Å². The van der Waals surface area contributed by atoms with Crippen molar-refractivity contribution in [2.75, 3.05) is 0 Å². The van der Waals surface area contributed by atoms with E-state index in [-0.39, 0.29) is 5.82 Å². The van der Waals surface area contributed by atoms with Gasteiger partial charge in [0.2, 0.25) is 0 Å². The van der Waals surface area contributed by atoms with Gasteiger partial charge >= 0.3 is 0 Å². The first-order chi connectivity index (χ1) is 7.29. The van der Waals surface area contributed by atoms with E-state index in [2.05, 4.69) is 13.0 Å². The zero-order valence-corrected chi connectivity index (χ0v) is 9.38. The second-order valence-electron chi connectivity index (χ2n) is 4.69. The molecule has 2 unspecified atom stereocenters. The summed E-state index contributed by atoms with van der Waals surface area (Å²) >= 11 is 0. The van der Waals surface area contributed by atoms with Crippen molar-refractivity contribution < 1.29 is 4.39 Å². The molecule has 0 bridgehead atoms. The van der Waals surface area contributed by atoms with Crippen LogP contribution in [-0.2, 0) is 0 Å². The SMILES string of the molecule is CCC1CCCC(c2cccc(F)c2)C1. The maximum absolute atomic E-state index is 13.1. The van der Waals surface area contributed by atoms with Crippen LogP contribution in [0, 0.1) is 11.7 Å². The van der Waals surface area contributed by atoms with E-state index in [0.717, 1.165) is 5.92 Å². The minimum Gasteiger partial charge on any atom is -0.207 e. The van der Waals surface area contributed by atoms with Crippen molar-refractivity contribution in [1.29, 1.82) is 0 Å². The number of benzene rings is 1. The largest absolute Gasteiger partial charge is 0.207 e. The third-order valence-electron chi connectivity index (χ3n) is 3.68. The molecule has 1 aliphatic carbocycles. The zero-order valence-electron chi connectivity index (χ0n) is 9.38. The Hall–Kier alpha value is -0.850. The van der Waals surface area contributed by atoms with Gasteiger partial charge in [-0.05, 0) is 42.4 Å². The second-order valence-corrected chi connectivity index (χ2v) is 4.69. The van der Waals surface area contributed by atoms with Gasteiger partial charge in [-0.1, -0.05) is 38.3 Å². The van der Waals surface area contributed by atoms with E-state index in [1.54, 1.807) is 6.07 Å². The Bertz CT molecular complexity index is 319. The van der Waals surface area contributed by atoms with Crippen molar-refractivity contribution in [2.24, 2.45) is 5.92 Å². The van der Waals surface area contributed by atoms with Gasteiger partial charge in [-0.15, -0.1) is 0 Å². The van der Waals surface area contributed by atoms with Gasteiger partial charge in [0, 0.05) is 0 Å². The molecule has 0 saturated heterocycles. The molecule has 1 fully saturated rings. The molecular formula is C14H19F. The maximum atomic E-state index is 13.1. The Labute approximate surface area is 91.5 Å². The van der Waals surface area contributed by atoms with Crippen LogP contribution in [0.15, 0.2) is 24.3 Å². The normalized spacial score (nSPS) is 26.5. The summed E-state index contributed by atoms with van der Waals surface area (Å²) in [6.07, 6.45) is 6.42. The van der Waals surface area contributed by atoms with Gasteiger partial charge in [0.25, 0.3) is 0 Å². The van der Waals surface area contributed by atoms with Crippen LogP contribution in [-0.4, -0.2) is 0 Å². The molecule has 0 aliphatic heterocycles. The smallest absolute Gasteiger partial charge is 0.123 e. The molecule has 1 aromatic carbocycles. The number of hydrogen-bond acceptors (Lipinski definition) is 0. The highest BCUT2D eigenvalue weighted by molar-refractivity contribution is 5.21. The van der Waals surface area contributed by atoms with Crippen molar-refractivity contribution in [3.63, 3.8) is 0 Å². The van der Waals surface area contributed by atoms with E-state index in [1.807, 2.05) is 6.07 Å². The fourth-order valence-electron chi connectivity index (χ4n) is 2.73. The topological polar surface area (TPSA) is 0 Å². The number of rotatable bonds is 2. The summed E-state index contributed by atoms with van der Waals surface area (Å²) < 4.78 is 13.1. The summed E-state index contributed by atoms with van der Waals surface area (Å²) in [5.41, 5.74) is 1.20. The van der Waals surface area contributed by atoms with Crippen molar-refractivity contribution in [3.8, 4) is 0 Å². The van der Waals surface area contributed by atoms with Crippen molar-refractivity contribution in [2.45, 2.75) is 44.9 Å². The molecule has 15 heavy (non-hydrogen) atoms. The Balaban J connectivity index is 2.09. The van der Waals surface area contributed by atoms with Crippen LogP contribution in [0.4, 0.5) is 4.39 Å². The molecule has 1 heteroatoms. The van der Waals surface area contributed by atoms with Gasteiger partial charge in [-0.25, -0.2) is 4.39 Å². The summed E-state index contributed by atoms with van der Waals surface area (Å²) in [7, 11) is 0. The van der Waals surface area contributed by atoms with E-state index in [4.69, 9.17) is 0 Å². The van der Waals surface area contributed by atoms with Gasteiger partial charge in [0.15, 0.2) is 0 Å². The summed E-state index contributed by atoms with van der Waals surface area (Å²) in [4.78, 5) is 0. The lowest BCUT2D eigenvalue weighted by Gasteiger charge is -2.28. The highest BCUT2D eigenvalue weighted by Gasteiger charge is 2.21. The first kappa shape index (κ1) is 10.7. The molecule has 0 heterocycles. The molecule has 0 amide bonds. The molecule has 2 atom stereocenters. The van der Waals surface area contributed by atoms with Gasteiger partial charge in [0.05, 0.1) is 0 Å². The van der Waals surface area contributed by atoms with E-state index < -0.39 is 0 Å². The standard InChI is InChI=1S/C14H19F/c1-2-11-5-3-6-12(9-11)13-7-4-8-14(15)10-13/h4,7-8,10-12H,2-3,5-6,9H2,1H3. The minimum absolute atomic E-state index is 0.0916. The second kappa shape index (κ2) is 4.78. The summed E-state index contributed by atoms with van der Waals surface area (Å²) in [6, 6.07) is 7.15. The van der Waals surface area contributed by atoms with E-state index in [1.165, 1.54) is 43.7 Å². The summed E-state index contributed by atoms with van der Waals surface area (Å²) in [5, 5.41) is 0. The van der Waals surface area contributed by atoms with Crippen LogP contribution in [0.2, 0.25) is 0 Å². The van der Waals surface area contributed by atoms with Crippen LogP contribution >= 0.6 is 0 Å². The maximum Gasteiger partial charge on any atom is 0.123 e. The third-order valence-corrected chi connectivity index (χ3v) is 3.68. The van der Waals surface area contributed by atoms with Gasteiger partial charge < -0.3 is 0 Å². The molecule has 1 aromatic rings. The lowest BCUT2D eigenvalue weighted by Crippen LogP contribution is -2.13. The predicted molar refractivity (Wildman–Crippen MR) is 61.4 cm³/mol. The first-order valence-electron chi connectivity index (χ1n) is 6.05. The van der Waals surface area contributed by atoms with E-state index in [0.29, 0.717) is 5.92 Å². The lowest BCUT2D eigenvalue weighted by molar-refractivity contribution is 0.314. The lowest BCUT2D eigenvalue weighted by atomic mass is 9.77. The molecule has 1 aliphatic rings. The average Bonchev–Trinajstić information content (AvgIpc) is 2.29. The van der Waals surface area contributed by atoms with Gasteiger partial charge in [-0.3, -0.25) is 0 Å². The third kappa shape index (κ3) is 2.58. The highest BCUT2D eigenvalue weighted by atomic mass is 19.1. The molecule has 1 saturated carbocycles. The molecular weight excluding hydrogens is 187 g/mol. The molecule has 0 nitrogen and oxygen atoms in total.